The van der Waals surface area contributed by atoms with Gasteiger partial charge >= 0.3 is 0 Å². The molecule has 2 aromatic rings. The molecular weight excluding hydrogens is 512 g/mol. The Morgan fingerprint density at radius 1 is 0.579 bits per heavy atom. The maximum atomic E-state index is 5.94. The SMILES string of the molecule is CCOC1=N[C@H](Cc2ccccc2)C(C)=N[C@H]1CSSC[C@@H]1N=C(OCC)[C@@H](Cc2ccccc2)N=C1C. The number of hydrogen-bond acceptors (Lipinski definition) is 8. The first-order chi connectivity index (χ1) is 18.6. The van der Waals surface area contributed by atoms with Gasteiger partial charge in [-0.15, -0.1) is 0 Å². The third-order valence-electron chi connectivity index (χ3n) is 6.48. The summed E-state index contributed by atoms with van der Waals surface area (Å²) in [5.74, 6) is 3.14. The predicted octanol–water partition coefficient (Wildman–Crippen LogP) is 6.15. The van der Waals surface area contributed by atoms with E-state index in [1.165, 1.54) is 11.1 Å². The van der Waals surface area contributed by atoms with Gasteiger partial charge in [0.15, 0.2) is 0 Å². The zero-order chi connectivity index (χ0) is 26.7. The zero-order valence-corrected chi connectivity index (χ0v) is 24.4. The van der Waals surface area contributed by atoms with E-state index in [1.54, 1.807) is 21.6 Å². The second kappa shape index (κ2) is 14.5. The highest BCUT2D eigenvalue weighted by atomic mass is 33.1. The van der Waals surface area contributed by atoms with Crippen molar-refractivity contribution in [2.24, 2.45) is 20.0 Å². The van der Waals surface area contributed by atoms with Crippen molar-refractivity contribution in [1.82, 2.24) is 0 Å². The van der Waals surface area contributed by atoms with E-state index in [2.05, 4.69) is 62.4 Å². The molecule has 0 N–H and O–H groups in total. The third kappa shape index (κ3) is 7.96. The molecule has 6 nitrogen and oxygen atoms in total. The van der Waals surface area contributed by atoms with Crippen LogP contribution in [0, 0.1) is 0 Å². The van der Waals surface area contributed by atoms with Crippen molar-refractivity contribution >= 4 is 44.8 Å². The normalized spacial score (nSPS) is 23.2. The molecule has 2 aliphatic heterocycles. The van der Waals surface area contributed by atoms with Crippen molar-refractivity contribution in [3.8, 4) is 0 Å². The van der Waals surface area contributed by atoms with Gasteiger partial charge in [-0.05, 0) is 38.8 Å². The Balaban J connectivity index is 1.32. The van der Waals surface area contributed by atoms with E-state index in [9.17, 15) is 0 Å². The van der Waals surface area contributed by atoms with Crippen LogP contribution in [0.2, 0.25) is 0 Å². The molecule has 2 aliphatic rings. The van der Waals surface area contributed by atoms with Crippen LogP contribution < -0.4 is 0 Å². The van der Waals surface area contributed by atoms with Crippen LogP contribution >= 0.6 is 21.6 Å². The molecule has 2 heterocycles. The summed E-state index contributed by atoms with van der Waals surface area (Å²) in [5.41, 5.74) is 4.64. The molecule has 0 fully saturated rings. The van der Waals surface area contributed by atoms with Gasteiger partial charge in [0.25, 0.3) is 0 Å². The lowest BCUT2D eigenvalue weighted by atomic mass is 10.0. The smallest absolute Gasteiger partial charge is 0.210 e. The Morgan fingerprint density at radius 2 is 1.03 bits per heavy atom. The van der Waals surface area contributed by atoms with E-state index in [0.29, 0.717) is 13.2 Å². The molecule has 8 heteroatoms. The quantitative estimate of drug-likeness (QED) is 0.249. The summed E-state index contributed by atoms with van der Waals surface area (Å²) in [6.07, 6.45) is 1.64. The summed E-state index contributed by atoms with van der Waals surface area (Å²) in [6, 6.07) is 20.8. The van der Waals surface area contributed by atoms with Crippen LogP contribution in [0.15, 0.2) is 80.6 Å². The van der Waals surface area contributed by atoms with Crippen molar-refractivity contribution in [2.75, 3.05) is 24.7 Å². The maximum Gasteiger partial charge on any atom is 0.210 e. The molecule has 0 spiro atoms. The summed E-state index contributed by atoms with van der Waals surface area (Å²) in [6.45, 7) is 9.36. The van der Waals surface area contributed by atoms with E-state index in [-0.39, 0.29) is 24.2 Å². The highest BCUT2D eigenvalue weighted by Gasteiger charge is 2.28. The van der Waals surface area contributed by atoms with E-state index >= 15 is 0 Å². The topological polar surface area (TPSA) is 67.9 Å². The summed E-state index contributed by atoms with van der Waals surface area (Å²) in [4.78, 5) is 19.9. The molecule has 38 heavy (non-hydrogen) atoms. The summed E-state index contributed by atoms with van der Waals surface area (Å²) < 4.78 is 11.9. The van der Waals surface area contributed by atoms with Gasteiger partial charge in [0.1, 0.15) is 18.1 Å². The second-order valence-corrected chi connectivity index (χ2v) is 11.9. The van der Waals surface area contributed by atoms with Crippen molar-refractivity contribution in [1.29, 1.82) is 0 Å². The highest BCUT2D eigenvalue weighted by Crippen LogP contribution is 2.28. The number of aliphatic imine (C=N–C) groups is 4. The lowest BCUT2D eigenvalue weighted by Crippen LogP contribution is -2.36. The minimum Gasteiger partial charge on any atom is -0.480 e. The van der Waals surface area contributed by atoms with E-state index in [4.69, 9.17) is 29.4 Å². The minimum absolute atomic E-state index is 0.0212. The van der Waals surface area contributed by atoms with Crippen LogP contribution in [0.25, 0.3) is 0 Å². The predicted molar refractivity (Wildman–Crippen MR) is 165 cm³/mol. The molecule has 0 unspecified atom stereocenters. The van der Waals surface area contributed by atoms with E-state index in [1.807, 2.05) is 26.0 Å². The van der Waals surface area contributed by atoms with Crippen molar-refractivity contribution in [3.05, 3.63) is 71.8 Å². The van der Waals surface area contributed by atoms with Gasteiger partial charge in [-0.1, -0.05) is 82.3 Å². The summed E-state index contributed by atoms with van der Waals surface area (Å²) in [5, 5.41) is 0. The Morgan fingerprint density at radius 3 is 1.61 bits per heavy atom. The fraction of sp³-hybridized carbons (Fsp3) is 0.467. The van der Waals surface area contributed by atoms with Gasteiger partial charge in [0.05, 0.1) is 19.3 Å². The van der Waals surface area contributed by atoms with Gasteiger partial charge < -0.3 is 9.47 Å². The van der Waals surface area contributed by atoms with Crippen LogP contribution in [0.5, 0.6) is 0 Å². The Kier molecular flexibility index (Phi) is 10.9. The summed E-state index contributed by atoms with van der Waals surface area (Å²) in [7, 11) is 3.59. The average Bonchev–Trinajstić information content (AvgIpc) is 2.92. The Hall–Kier alpha value is -2.58. The van der Waals surface area contributed by atoms with E-state index < -0.39 is 0 Å². The van der Waals surface area contributed by atoms with Gasteiger partial charge in [-0.3, -0.25) is 9.98 Å². The largest absolute Gasteiger partial charge is 0.480 e. The molecule has 0 bridgehead atoms. The average molecular weight is 551 g/mol. The van der Waals surface area contributed by atoms with Gasteiger partial charge in [-0.25, -0.2) is 9.98 Å². The lowest BCUT2D eigenvalue weighted by Gasteiger charge is -2.26. The molecule has 4 atom stereocenters. The minimum atomic E-state index is -0.0571. The van der Waals surface area contributed by atoms with Crippen LogP contribution in [-0.4, -0.2) is 72.1 Å². The monoisotopic (exact) mass is 550 g/mol. The Labute approximate surface area is 235 Å². The molecule has 0 radical (unpaired) electrons. The maximum absolute atomic E-state index is 5.94. The lowest BCUT2D eigenvalue weighted by molar-refractivity contribution is 0.307. The van der Waals surface area contributed by atoms with Crippen molar-refractivity contribution in [3.63, 3.8) is 0 Å². The van der Waals surface area contributed by atoms with Crippen LogP contribution in [-0.2, 0) is 22.3 Å². The number of rotatable bonds is 11. The molecule has 0 saturated heterocycles. The number of benzene rings is 2. The van der Waals surface area contributed by atoms with Crippen LogP contribution in [0.4, 0.5) is 0 Å². The molecule has 4 rings (SSSR count). The fourth-order valence-corrected chi connectivity index (χ4v) is 6.83. The molecule has 202 valence electrons. The molecule has 0 aliphatic carbocycles. The molecule has 0 amide bonds. The van der Waals surface area contributed by atoms with Crippen LogP contribution in [0.1, 0.15) is 38.8 Å². The first kappa shape index (κ1) is 28.4. The number of nitrogens with zero attached hydrogens (tertiary/aromatic N) is 4. The third-order valence-corrected chi connectivity index (χ3v) is 8.87. The highest BCUT2D eigenvalue weighted by molar-refractivity contribution is 8.76. The van der Waals surface area contributed by atoms with Crippen LogP contribution in [0.3, 0.4) is 0 Å². The van der Waals surface area contributed by atoms with Gasteiger partial charge in [0.2, 0.25) is 11.8 Å². The second-order valence-electron chi connectivity index (χ2n) is 9.35. The van der Waals surface area contributed by atoms with Gasteiger partial charge in [-0.2, -0.15) is 0 Å². The standard InChI is InChI=1S/C30H38N4O2S2/c1-5-35-29-26(18-24-15-11-8-12-16-24)31-22(4)27(34-29)19-37-38-20-28-30(36-6-2)33-25(21(3)32-28)17-23-13-9-7-10-14-23/h7-16,25-28H,5-6,17-20H2,1-4H3/t25-,26-,27+,28+/m1/s1. The van der Waals surface area contributed by atoms with Crippen molar-refractivity contribution in [2.45, 2.75) is 64.7 Å². The number of ether oxygens (including phenoxy) is 2. The molecule has 0 aromatic heterocycles. The summed E-state index contributed by atoms with van der Waals surface area (Å²) >= 11 is 0. The number of hydrogen-bond donors (Lipinski definition) is 0. The molecule has 2 aromatic carbocycles. The first-order valence-electron chi connectivity index (χ1n) is 13.4. The fourth-order valence-electron chi connectivity index (χ4n) is 4.50. The molecule has 0 saturated carbocycles. The Bertz CT molecular complexity index is 1150. The van der Waals surface area contributed by atoms with E-state index in [0.717, 1.165) is 47.6 Å². The van der Waals surface area contributed by atoms with Crippen molar-refractivity contribution < 1.29 is 9.47 Å². The van der Waals surface area contributed by atoms with Gasteiger partial charge in [0, 0.05) is 35.8 Å². The molecular formula is C30H38N4O2S2. The first-order valence-corrected chi connectivity index (χ1v) is 15.9. The zero-order valence-electron chi connectivity index (χ0n) is 22.7.